The molecule has 0 heterocycles. The van der Waals surface area contributed by atoms with E-state index in [-0.39, 0.29) is 10.9 Å². The lowest BCUT2D eigenvalue weighted by Gasteiger charge is -2.22. The highest BCUT2D eigenvalue weighted by molar-refractivity contribution is 7.89. The first-order chi connectivity index (χ1) is 11.4. The topological polar surface area (TPSA) is 73.2 Å². The lowest BCUT2D eigenvalue weighted by molar-refractivity contribution is 0.357. The Kier molecular flexibility index (Phi) is 6.10. The summed E-state index contributed by atoms with van der Waals surface area (Å²) in [5.74, 6) is 0. The lowest BCUT2D eigenvalue weighted by Crippen LogP contribution is -2.43. The molecule has 0 aromatic heterocycles. The molecule has 1 N–H and O–H groups in total. The number of nitrogens with one attached hydrogen (secondary N) is 1. The summed E-state index contributed by atoms with van der Waals surface area (Å²) in [4.78, 5) is 2.12. The predicted octanol–water partition coefficient (Wildman–Crippen LogP) is 2.01. The van der Waals surface area contributed by atoms with Crippen LogP contribution in [0.5, 0.6) is 0 Å². The Morgan fingerprint density at radius 1 is 1.08 bits per heavy atom. The van der Waals surface area contributed by atoms with Gasteiger partial charge in [0.1, 0.15) is 0 Å². The molecule has 0 aliphatic rings. The van der Waals surface area contributed by atoms with Gasteiger partial charge in [-0.3, -0.25) is 0 Å². The highest BCUT2D eigenvalue weighted by Gasteiger charge is 2.21. The van der Waals surface area contributed by atoms with Crippen LogP contribution < -0.4 is 4.72 Å². The molecule has 0 aliphatic carbocycles. The van der Waals surface area contributed by atoms with Gasteiger partial charge in [-0.2, -0.15) is 5.26 Å². The summed E-state index contributed by atoms with van der Waals surface area (Å²) in [6.45, 7) is 0.588. The van der Waals surface area contributed by atoms with Crippen LogP contribution in [0.1, 0.15) is 11.1 Å². The SMILES string of the molecule is CN(C)CC(Cc1ccccc1)NS(=O)(=O)c1ccc(C#N)cc1. The summed E-state index contributed by atoms with van der Waals surface area (Å²) in [5.41, 5.74) is 1.51. The first-order valence-electron chi connectivity index (χ1n) is 7.62. The molecule has 0 spiro atoms. The van der Waals surface area contributed by atoms with Crippen LogP contribution in [0.15, 0.2) is 59.5 Å². The van der Waals surface area contributed by atoms with Crippen molar-refractivity contribution in [2.75, 3.05) is 20.6 Å². The van der Waals surface area contributed by atoms with Gasteiger partial charge in [-0.1, -0.05) is 30.3 Å². The zero-order chi connectivity index (χ0) is 17.6. The van der Waals surface area contributed by atoms with Gasteiger partial charge in [-0.15, -0.1) is 0 Å². The molecule has 126 valence electrons. The van der Waals surface area contributed by atoms with Gasteiger partial charge in [0.2, 0.25) is 10.0 Å². The lowest BCUT2D eigenvalue weighted by atomic mass is 10.1. The van der Waals surface area contributed by atoms with E-state index in [1.165, 1.54) is 24.3 Å². The van der Waals surface area contributed by atoms with Crippen LogP contribution in [-0.2, 0) is 16.4 Å². The monoisotopic (exact) mass is 343 g/mol. The quantitative estimate of drug-likeness (QED) is 0.835. The number of rotatable bonds is 7. The van der Waals surface area contributed by atoms with Gasteiger partial charge in [-0.25, -0.2) is 13.1 Å². The molecule has 0 bridgehead atoms. The fraction of sp³-hybridized carbons (Fsp3) is 0.278. The largest absolute Gasteiger partial charge is 0.308 e. The molecule has 0 aliphatic heterocycles. The number of sulfonamides is 1. The van der Waals surface area contributed by atoms with E-state index in [0.29, 0.717) is 18.5 Å². The third-order valence-corrected chi connectivity index (χ3v) is 5.06. The first kappa shape index (κ1) is 18.1. The number of hydrogen-bond acceptors (Lipinski definition) is 4. The Morgan fingerprint density at radius 2 is 1.71 bits per heavy atom. The summed E-state index contributed by atoms with van der Waals surface area (Å²) in [7, 11) is 0.185. The summed E-state index contributed by atoms with van der Waals surface area (Å²) in [6, 6.07) is 17.4. The van der Waals surface area contributed by atoms with Gasteiger partial charge >= 0.3 is 0 Å². The Hall–Kier alpha value is -2.20. The molecule has 0 amide bonds. The van der Waals surface area contributed by atoms with Gasteiger partial charge in [0.25, 0.3) is 0 Å². The van der Waals surface area contributed by atoms with E-state index in [1.807, 2.05) is 55.4 Å². The number of benzene rings is 2. The van der Waals surface area contributed by atoms with E-state index in [1.54, 1.807) is 0 Å². The van der Waals surface area contributed by atoms with Crippen molar-refractivity contribution in [2.24, 2.45) is 0 Å². The fourth-order valence-electron chi connectivity index (χ4n) is 2.48. The second-order valence-electron chi connectivity index (χ2n) is 5.91. The van der Waals surface area contributed by atoms with Crippen molar-refractivity contribution in [3.05, 3.63) is 65.7 Å². The fourth-order valence-corrected chi connectivity index (χ4v) is 3.71. The van der Waals surface area contributed by atoms with E-state index in [2.05, 4.69) is 4.72 Å². The first-order valence-corrected chi connectivity index (χ1v) is 9.10. The van der Waals surface area contributed by atoms with Gasteiger partial charge in [0.15, 0.2) is 0 Å². The summed E-state index contributed by atoms with van der Waals surface area (Å²) in [6.07, 6.45) is 0.606. The van der Waals surface area contributed by atoms with Crippen molar-refractivity contribution in [1.29, 1.82) is 5.26 Å². The number of nitrogens with zero attached hydrogens (tertiary/aromatic N) is 2. The normalized spacial score (nSPS) is 12.8. The number of likely N-dealkylation sites (N-methyl/N-ethyl adjacent to an activating group) is 1. The zero-order valence-electron chi connectivity index (χ0n) is 13.8. The van der Waals surface area contributed by atoms with Crippen molar-refractivity contribution in [3.63, 3.8) is 0 Å². The highest BCUT2D eigenvalue weighted by Crippen LogP contribution is 2.12. The maximum absolute atomic E-state index is 12.6. The molecule has 24 heavy (non-hydrogen) atoms. The molecule has 0 fully saturated rings. The molecule has 0 saturated heterocycles. The Labute approximate surface area is 143 Å². The molecule has 0 saturated carbocycles. The molecular weight excluding hydrogens is 322 g/mol. The van der Waals surface area contributed by atoms with E-state index < -0.39 is 10.0 Å². The molecule has 0 radical (unpaired) electrons. The minimum atomic E-state index is -3.64. The van der Waals surface area contributed by atoms with Gasteiger partial charge in [-0.05, 0) is 50.3 Å². The van der Waals surface area contributed by atoms with Crippen LogP contribution in [-0.4, -0.2) is 40.0 Å². The molecule has 6 heteroatoms. The molecule has 2 aromatic rings. The van der Waals surface area contributed by atoms with Crippen LogP contribution in [0.2, 0.25) is 0 Å². The van der Waals surface area contributed by atoms with E-state index in [0.717, 1.165) is 5.56 Å². The average molecular weight is 343 g/mol. The molecule has 1 unspecified atom stereocenters. The Balaban J connectivity index is 2.18. The Morgan fingerprint density at radius 3 is 2.25 bits per heavy atom. The standard InChI is InChI=1S/C18H21N3O2S/c1-21(2)14-17(12-15-6-4-3-5-7-15)20-24(22,23)18-10-8-16(13-19)9-11-18/h3-11,17,20H,12,14H2,1-2H3. The second kappa shape index (κ2) is 8.06. The van der Waals surface area contributed by atoms with Crippen LogP contribution >= 0.6 is 0 Å². The van der Waals surface area contributed by atoms with Crippen molar-refractivity contribution >= 4 is 10.0 Å². The predicted molar refractivity (Wildman–Crippen MR) is 94.0 cm³/mol. The minimum absolute atomic E-state index is 0.165. The smallest absolute Gasteiger partial charge is 0.240 e. The third kappa shape index (κ3) is 5.17. The zero-order valence-corrected chi connectivity index (χ0v) is 14.6. The maximum atomic E-state index is 12.6. The minimum Gasteiger partial charge on any atom is -0.308 e. The van der Waals surface area contributed by atoms with Crippen LogP contribution in [0.4, 0.5) is 0 Å². The average Bonchev–Trinajstić information content (AvgIpc) is 2.55. The maximum Gasteiger partial charge on any atom is 0.240 e. The van der Waals surface area contributed by atoms with Gasteiger partial charge in [0, 0.05) is 12.6 Å². The van der Waals surface area contributed by atoms with Gasteiger partial charge in [0.05, 0.1) is 16.5 Å². The Bertz CT molecular complexity index is 794. The number of hydrogen-bond donors (Lipinski definition) is 1. The van der Waals surface area contributed by atoms with Gasteiger partial charge < -0.3 is 4.90 Å². The second-order valence-corrected chi connectivity index (χ2v) is 7.62. The van der Waals surface area contributed by atoms with Crippen molar-refractivity contribution in [3.8, 4) is 6.07 Å². The van der Waals surface area contributed by atoms with Crippen molar-refractivity contribution in [1.82, 2.24) is 9.62 Å². The number of nitriles is 1. The van der Waals surface area contributed by atoms with E-state index in [4.69, 9.17) is 5.26 Å². The van der Waals surface area contributed by atoms with Crippen LogP contribution in [0.3, 0.4) is 0 Å². The molecule has 1 atom stereocenters. The highest BCUT2D eigenvalue weighted by atomic mass is 32.2. The molecule has 2 rings (SSSR count). The van der Waals surface area contributed by atoms with Crippen molar-refractivity contribution in [2.45, 2.75) is 17.4 Å². The van der Waals surface area contributed by atoms with Crippen LogP contribution in [0.25, 0.3) is 0 Å². The molecule has 5 nitrogen and oxygen atoms in total. The third-order valence-electron chi connectivity index (χ3n) is 3.53. The summed E-state index contributed by atoms with van der Waals surface area (Å²) < 4.78 is 28.0. The molecular formula is C18H21N3O2S. The molecule has 2 aromatic carbocycles. The van der Waals surface area contributed by atoms with Crippen LogP contribution in [0, 0.1) is 11.3 Å². The van der Waals surface area contributed by atoms with E-state index >= 15 is 0 Å². The summed E-state index contributed by atoms with van der Waals surface area (Å²) in [5, 5.41) is 8.82. The summed E-state index contributed by atoms with van der Waals surface area (Å²) >= 11 is 0. The van der Waals surface area contributed by atoms with Crippen molar-refractivity contribution < 1.29 is 8.42 Å². The van der Waals surface area contributed by atoms with E-state index in [9.17, 15) is 8.42 Å².